The molecule has 5 heteroatoms. The van der Waals surface area contributed by atoms with Crippen LogP contribution in [-0.4, -0.2) is 17.0 Å². The molecule has 1 aromatic carbocycles. The van der Waals surface area contributed by atoms with Crippen molar-refractivity contribution in [2.45, 2.75) is 26.2 Å². The maximum atomic E-state index is 13.2. The Hall–Kier alpha value is -2.17. The predicted molar refractivity (Wildman–Crippen MR) is 76.8 cm³/mol. The average molecular weight is 275 g/mol. The molecule has 1 aromatic heterocycles. The summed E-state index contributed by atoms with van der Waals surface area (Å²) in [4.78, 5) is 8.79. The Morgan fingerprint density at radius 3 is 2.50 bits per heavy atom. The van der Waals surface area contributed by atoms with Crippen molar-refractivity contribution in [2.75, 3.05) is 12.4 Å². The highest BCUT2D eigenvalue weighted by atomic mass is 19.1. The molecule has 0 amide bonds. The van der Waals surface area contributed by atoms with E-state index in [4.69, 9.17) is 4.74 Å². The van der Waals surface area contributed by atoms with Crippen LogP contribution < -0.4 is 10.1 Å². The molecule has 0 bridgehead atoms. The van der Waals surface area contributed by atoms with Crippen LogP contribution >= 0.6 is 0 Å². The van der Waals surface area contributed by atoms with Crippen LogP contribution in [0.25, 0.3) is 0 Å². The van der Waals surface area contributed by atoms with Gasteiger partial charge in [0, 0.05) is 24.6 Å². The highest BCUT2D eigenvalue weighted by Crippen LogP contribution is 2.26. The van der Waals surface area contributed by atoms with Gasteiger partial charge in [0.15, 0.2) is 0 Å². The molecule has 106 valence electrons. The summed E-state index contributed by atoms with van der Waals surface area (Å²) in [5, 5.41) is 2.97. The molecule has 0 aliphatic rings. The number of aromatic nitrogens is 2. The average Bonchev–Trinajstić information content (AvgIpc) is 2.37. The fraction of sp³-hybridized carbons (Fsp3) is 0.333. The van der Waals surface area contributed by atoms with Crippen molar-refractivity contribution < 1.29 is 9.13 Å². The van der Waals surface area contributed by atoms with Crippen LogP contribution in [-0.2, 0) is 5.41 Å². The van der Waals surface area contributed by atoms with E-state index in [1.807, 2.05) is 20.8 Å². The number of ether oxygens (including phenoxy) is 1. The number of anilines is 1. The van der Waals surface area contributed by atoms with Gasteiger partial charge >= 0.3 is 0 Å². The van der Waals surface area contributed by atoms with Crippen molar-refractivity contribution >= 4 is 5.82 Å². The number of nitrogens with zero attached hydrogens (tertiary/aromatic N) is 2. The normalized spacial score (nSPS) is 11.2. The molecular formula is C15H18FN3O. The summed E-state index contributed by atoms with van der Waals surface area (Å²) in [6.07, 6.45) is 0. The Labute approximate surface area is 118 Å². The molecule has 0 radical (unpaired) electrons. The highest BCUT2D eigenvalue weighted by molar-refractivity contribution is 5.40. The number of benzene rings is 1. The molecule has 0 unspecified atom stereocenters. The Kier molecular flexibility index (Phi) is 3.88. The molecule has 0 aliphatic carbocycles. The first-order chi connectivity index (χ1) is 9.38. The Morgan fingerprint density at radius 1 is 1.15 bits per heavy atom. The molecule has 0 fully saturated rings. The van der Waals surface area contributed by atoms with E-state index in [2.05, 4.69) is 15.3 Å². The van der Waals surface area contributed by atoms with E-state index in [1.54, 1.807) is 25.2 Å². The second kappa shape index (κ2) is 5.45. The summed E-state index contributed by atoms with van der Waals surface area (Å²) >= 11 is 0. The third-order valence-corrected chi connectivity index (χ3v) is 2.65. The fourth-order valence-corrected chi connectivity index (χ4v) is 1.59. The van der Waals surface area contributed by atoms with Crippen LogP contribution in [0.4, 0.5) is 10.2 Å². The van der Waals surface area contributed by atoms with Crippen LogP contribution in [0.1, 0.15) is 26.6 Å². The van der Waals surface area contributed by atoms with Gasteiger partial charge in [0.1, 0.15) is 23.2 Å². The van der Waals surface area contributed by atoms with Crippen molar-refractivity contribution in [3.63, 3.8) is 0 Å². The van der Waals surface area contributed by atoms with E-state index in [0.29, 0.717) is 23.3 Å². The molecule has 0 spiro atoms. The lowest BCUT2D eigenvalue weighted by molar-refractivity contribution is 0.443. The quantitative estimate of drug-likeness (QED) is 0.926. The first-order valence-corrected chi connectivity index (χ1v) is 6.39. The molecule has 2 aromatic rings. The van der Waals surface area contributed by atoms with E-state index < -0.39 is 0 Å². The van der Waals surface area contributed by atoms with Crippen LogP contribution in [0.2, 0.25) is 0 Å². The molecule has 0 atom stereocenters. The first kappa shape index (κ1) is 14.2. The molecule has 0 saturated carbocycles. The maximum absolute atomic E-state index is 13.2. The zero-order valence-corrected chi connectivity index (χ0v) is 12.1. The number of rotatable bonds is 3. The van der Waals surface area contributed by atoms with E-state index in [9.17, 15) is 4.39 Å². The van der Waals surface area contributed by atoms with Crippen molar-refractivity contribution in [3.05, 3.63) is 42.0 Å². The molecule has 20 heavy (non-hydrogen) atoms. The molecule has 1 heterocycles. The largest absolute Gasteiger partial charge is 0.439 e. The zero-order valence-electron chi connectivity index (χ0n) is 12.1. The number of nitrogens with one attached hydrogen (secondary N) is 1. The Morgan fingerprint density at radius 2 is 1.90 bits per heavy atom. The van der Waals surface area contributed by atoms with Gasteiger partial charge in [0.05, 0.1) is 0 Å². The van der Waals surface area contributed by atoms with Crippen LogP contribution in [0, 0.1) is 5.82 Å². The number of hydrogen-bond acceptors (Lipinski definition) is 4. The Bertz CT molecular complexity index is 608. The molecule has 1 N–H and O–H groups in total. The van der Waals surface area contributed by atoms with Gasteiger partial charge in [0.25, 0.3) is 0 Å². The minimum atomic E-state index is -0.346. The molecule has 4 nitrogen and oxygen atoms in total. The van der Waals surface area contributed by atoms with Crippen LogP contribution in [0.5, 0.6) is 11.6 Å². The lowest BCUT2D eigenvalue weighted by atomic mass is 9.96. The molecular weight excluding hydrogens is 257 g/mol. The molecule has 2 rings (SSSR count). The van der Waals surface area contributed by atoms with Crippen LogP contribution in [0.15, 0.2) is 30.3 Å². The van der Waals surface area contributed by atoms with Crippen molar-refractivity contribution in [3.8, 4) is 11.6 Å². The summed E-state index contributed by atoms with van der Waals surface area (Å²) in [5.41, 5.74) is -0.201. The summed E-state index contributed by atoms with van der Waals surface area (Å²) in [5.74, 6) is 1.78. The van der Waals surface area contributed by atoms with E-state index >= 15 is 0 Å². The summed E-state index contributed by atoms with van der Waals surface area (Å²) in [6.45, 7) is 6.06. The smallest absolute Gasteiger partial charge is 0.224 e. The van der Waals surface area contributed by atoms with Gasteiger partial charge in [0.2, 0.25) is 5.88 Å². The van der Waals surface area contributed by atoms with E-state index in [0.717, 1.165) is 0 Å². The minimum Gasteiger partial charge on any atom is -0.439 e. The number of halogens is 1. The van der Waals surface area contributed by atoms with Crippen molar-refractivity contribution in [1.29, 1.82) is 0 Å². The third-order valence-electron chi connectivity index (χ3n) is 2.65. The predicted octanol–water partition coefficient (Wildman–Crippen LogP) is 3.75. The number of hydrogen-bond donors (Lipinski definition) is 1. The zero-order chi connectivity index (χ0) is 14.8. The van der Waals surface area contributed by atoms with E-state index in [1.165, 1.54) is 12.1 Å². The molecule has 0 saturated heterocycles. The second-order valence-corrected chi connectivity index (χ2v) is 5.47. The van der Waals surface area contributed by atoms with Gasteiger partial charge in [-0.2, -0.15) is 4.98 Å². The standard InChI is InChI=1S/C15H18FN3O/c1-15(2,3)14-18-12(17-4)9-13(19-14)20-11-7-5-6-10(16)8-11/h5-9H,1-4H3,(H,17,18,19). The van der Waals surface area contributed by atoms with Gasteiger partial charge < -0.3 is 10.1 Å². The van der Waals surface area contributed by atoms with Crippen molar-refractivity contribution in [1.82, 2.24) is 9.97 Å². The first-order valence-electron chi connectivity index (χ1n) is 6.39. The monoisotopic (exact) mass is 275 g/mol. The lowest BCUT2D eigenvalue weighted by Gasteiger charge is -2.18. The maximum Gasteiger partial charge on any atom is 0.224 e. The van der Waals surface area contributed by atoms with Gasteiger partial charge in [-0.25, -0.2) is 9.37 Å². The lowest BCUT2D eigenvalue weighted by Crippen LogP contribution is -2.17. The van der Waals surface area contributed by atoms with Crippen molar-refractivity contribution in [2.24, 2.45) is 0 Å². The van der Waals surface area contributed by atoms with Gasteiger partial charge in [-0.05, 0) is 12.1 Å². The SMILES string of the molecule is CNc1cc(Oc2cccc(F)c2)nc(C(C)(C)C)n1. The van der Waals surface area contributed by atoms with E-state index in [-0.39, 0.29) is 11.2 Å². The fourth-order valence-electron chi connectivity index (χ4n) is 1.59. The van der Waals surface area contributed by atoms with Gasteiger partial charge in [-0.15, -0.1) is 0 Å². The topological polar surface area (TPSA) is 47.0 Å². The summed E-state index contributed by atoms with van der Waals surface area (Å²) < 4.78 is 18.8. The van der Waals surface area contributed by atoms with Crippen LogP contribution in [0.3, 0.4) is 0 Å². The Balaban J connectivity index is 2.36. The van der Waals surface area contributed by atoms with Gasteiger partial charge in [-0.1, -0.05) is 26.8 Å². The third kappa shape index (κ3) is 3.44. The summed E-state index contributed by atoms with van der Waals surface area (Å²) in [7, 11) is 1.78. The van der Waals surface area contributed by atoms with Gasteiger partial charge in [-0.3, -0.25) is 0 Å². The second-order valence-electron chi connectivity index (χ2n) is 5.47. The highest BCUT2D eigenvalue weighted by Gasteiger charge is 2.19. The minimum absolute atomic E-state index is 0.201. The molecule has 0 aliphatic heterocycles. The summed E-state index contributed by atoms with van der Waals surface area (Å²) in [6, 6.07) is 7.64.